The lowest BCUT2D eigenvalue weighted by atomic mass is 10.1. The molecule has 0 radical (unpaired) electrons. The molecule has 2 rings (SSSR count). The van der Waals surface area contributed by atoms with Gasteiger partial charge in [-0.1, -0.05) is 42.5 Å². The summed E-state index contributed by atoms with van der Waals surface area (Å²) in [6.45, 7) is 2.37. The summed E-state index contributed by atoms with van der Waals surface area (Å²) in [7, 11) is 1.65. The van der Waals surface area contributed by atoms with Gasteiger partial charge in [-0.2, -0.15) is 0 Å². The number of ether oxygens (including phenoxy) is 1. The third-order valence-corrected chi connectivity index (χ3v) is 3.70. The second kappa shape index (κ2) is 9.36. The molecule has 0 saturated heterocycles. The highest BCUT2D eigenvalue weighted by molar-refractivity contribution is 6.06. The number of rotatable bonds is 7. The molecule has 0 fully saturated rings. The van der Waals surface area contributed by atoms with Crippen LogP contribution >= 0.6 is 0 Å². The number of hydrogen-bond donors (Lipinski definition) is 1. The van der Waals surface area contributed by atoms with Gasteiger partial charge in [-0.25, -0.2) is 4.79 Å². The minimum absolute atomic E-state index is 0.240. The molecule has 6 nitrogen and oxygen atoms in total. The summed E-state index contributed by atoms with van der Waals surface area (Å²) in [5.41, 5.74) is 1.57. The molecule has 0 aromatic heterocycles. The normalized spacial score (nSPS) is 10.1. The van der Waals surface area contributed by atoms with Gasteiger partial charge >= 0.3 is 5.97 Å². The lowest BCUT2D eigenvalue weighted by Gasteiger charge is -2.17. The van der Waals surface area contributed by atoms with E-state index >= 15 is 0 Å². The second-order valence-electron chi connectivity index (χ2n) is 5.73. The summed E-state index contributed by atoms with van der Waals surface area (Å²) in [6.07, 6.45) is -0.305. The number of para-hydroxylation sites is 1. The van der Waals surface area contributed by atoms with Crippen LogP contribution in [0.5, 0.6) is 0 Å². The van der Waals surface area contributed by atoms with E-state index in [4.69, 9.17) is 4.74 Å². The quantitative estimate of drug-likeness (QED) is 0.613. The number of carbonyl (C=O) groups excluding carboxylic acids is 3. The number of nitrogens with zero attached hydrogens (tertiary/aromatic N) is 1. The summed E-state index contributed by atoms with van der Waals surface area (Å²) in [5.74, 6) is -1.30. The van der Waals surface area contributed by atoms with E-state index < -0.39 is 11.9 Å². The smallest absolute Gasteiger partial charge is 0.340 e. The third-order valence-electron chi connectivity index (χ3n) is 3.70. The van der Waals surface area contributed by atoms with Crippen molar-refractivity contribution in [2.24, 2.45) is 0 Å². The fraction of sp³-hybridized carbons (Fsp3) is 0.250. The van der Waals surface area contributed by atoms with Crippen molar-refractivity contribution in [3.63, 3.8) is 0 Å². The predicted octanol–water partition coefficient (Wildman–Crippen LogP) is 2.85. The van der Waals surface area contributed by atoms with Crippen LogP contribution in [0, 0.1) is 0 Å². The Morgan fingerprint density at radius 3 is 2.35 bits per heavy atom. The average Bonchev–Trinajstić information content (AvgIpc) is 2.63. The van der Waals surface area contributed by atoms with E-state index in [1.165, 1.54) is 4.90 Å². The topological polar surface area (TPSA) is 75.7 Å². The molecule has 0 unspecified atom stereocenters. The van der Waals surface area contributed by atoms with Crippen LogP contribution in [0.3, 0.4) is 0 Å². The van der Waals surface area contributed by atoms with Crippen molar-refractivity contribution < 1.29 is 19.1 Å². The van der Waals surface area contributed by atoms with Gasteiger partial charge in [0.15, 0.2) is 0 Å². The van der Waals surface area contributed by atoms with E-state index in [9.17, 15) is 14.4 Å². The van der Waals surface area contributed by atoms with Gasteiger partial charge in [-0.15, -0.1) is 0 Å². The molecule has 0 saturated carbocycles. The fourth-order valence-electron chi connectivity index (χ4n) is 2.39. The Balaban J connectivity index is 1.96. The molecular weight excluding hydrogens is 332 g/mol. The zero-order valence-electron chi connectivity index (χ0n) is 14.9. The van der Waals surface area contributed by atoms with Gasteiger partial charge in [0, 0.05) is 13.6 Å². The molecule has 2 amide bonds. The van der Waals surface area contributed by atoms with Gasteiger partial charge in [-0.05, 0) is 24.6 Å². The monoisotopic (exact) mass is 354 g/mol. The van der Waals surface area contributed by atoms with Crippen LogP contribution in [0.25, 0.3) is 0 Å². The summed E-state index contributed by atoms with van der Waals surface area (Å²) in [4.78, 5) is 37.9. The number of esters is 1. The van der Waals surface area contributed by atoms with E-state index in [-0.39, 0.29) is 24.5 Å². The molecule has 0 heterocycles. The molecule has 136 valence electrons. The largest absolute Gasteiger partial charge is 0.462 e. The summed E-state index contributed by atoms with van der Waals surface area (Å²) in [5, 5.41) is 2.61. The van der Waals surface area contributed by atoms with Gasteiger partial charge in [-0.3, -0.25) is 9.59 Å². The Labute approximate surface area is 152 Å². The number of benzene rings is 2. The van der Waals surface area contributed by atoms with Crippen LogP contribution < -0.4 is 5.32 Å². The molecule has 0 atom stereocenters. The predicted molar refractivity (Wildman–Crippen MR) is 98.6 cm³/mol. The van der Waals surface area contributed by atoms with Crippen LogP contribution in [0.15, 0.2) is 54.6 Å². The minimum atomic E-state index is -0.518. The molecule has 6 heteroatoms. The van der Waals surface area contributed by atoms with Crippen molar-refractivity contribution in [2.75, 3.05) is 19.0 Å². The summed E-state index contributed by atoms with van der Waals surface area (Å²) >= 11 is 0. The molecule has 0 aliphatic carbocycles. The Bertz CT molecular complexity index is 774. The highest BCUT2D eigenvalue weighted by atomic mass is 16.5. The fourth-order valence-corrected chi connectivity index (χ4v) is 2.39. The summed E-state index contributed by atoms with van der Waals surface area (Å²) in [6, 6.07) is 16.1. The zero-order chi connectivity index (χ0) is 18.9. The van der Waals surface area contributed by atoms with Gasteiger partial charge in [0.25, 0.3) is 0 Å². The molecule has 26 heavy (non-hydrogen) atoms. The Kier molecular flexibility index (Phi) is 6.91. The number of anilines is 1. The van der Waals surface area contributed by atoms with Crippen LogP contribution in [0.2, 0.25) is 0 Å². The number of carbonyl (C=O) groups is 3. The zero-order valence-corrected chi connectivity index (χ0v) is 14.9. The van der Waals surface area contributed by atoms with Crippen molar-refractivity contribution in [3.8, 4) is 0 Å². The molecule has 1 N–H and O–H groups in total. The van der Waals surface area contributed by atoms with Crippen molar-refractivity contribution in [3.05, 3.63) is 65.7 Å². The SMILES string of the molecule is CCOC(=O)c1ccccc1NC(=O)CC(=O)N(C)Cc1ccccc1. The maximum atomic E-state index is 12.2. The first-order valence-electron chi connectivity index (χ1n) is 8.35. The van der Waals surface area contributed by atoms with Gasteiger partial charge in [0.2, 0.25) is 11.8 Å². The lowest BCUT2D eigenvalue weighted by molar-refractivity contribution is -0.134. The van der Waals surface area contributed by atoms with Crippen molar-refractivity contribution in [1.82, 2.24) is 4.90 Å². The third kappa shape index (κ3) is 5.44. The standard InChI is InChI=1S/C20H22N2O4/c1-3-26-20(25)16-11-7-8-12-17(16)21-18(23)13-19(24)22(2)14-15-9-5-4-6-10-15/h4-12H,3,13-14H2,1-2H3,(H,21,23). The van der Waals surface area contributed by atoms with Gasteiger partial charge < -0.3 is 15.0 Å². The Morgan fingerprint density at radius 1 is 1.00 bits per heavy atom. The Morgan fingerprint density at radius 2 is 1.65 bits per heavy atom. The van der Waals surface area contributed by atoms with Crippen molar-refractivity contribution in [1.29, 1.82) is 0 Å². The van der Waals surface area contributed by atoms with Crippen molar-refractivity contribution in [2.45, 2.75) is 19.9 Å². The molecule has 0 aliphatic heterocycles. The van der Waals surface area contributed by atoms with E-state index in [0.29, 0.717) is 12.2 Å². The maximum absolute atomic E-state index is 12.2. The first-order chi connectivity index (χ1) is 12.5. The molecule has 0 aliphatic rings. The van der Waals surface area contributed by atoms with Crippen LogP contribution in [0.1, 0.15) is 29.3 Å². The lowest BCUT2D eigenvalue weighted by Crippen LogP contribution is -2.30. The first-order valence-corrected chi connectivity index (χ1v) is 8.35. The molecule has 0 bridgehead atoms. The van der Waals surface area contributed by atoms with Crippen molar-refractivity contribution >= 4 is 23.5 Å². The van der Waals surface area contributed by atoms with E-state index in [0.717, 1.165) is 5.56 Å². The molecular formula is C20H22N2O4. The number of hydrogen-bond acceptors (Lipinski definition) is 4. The van der Waals surface area contributed by atoms with Crippen LogP contribution in [0.4, 0.5) is 5.69 Å². The second-order valence-corrected chi connectivity index (χ2v) is 5.73. The van der Waals surface area contributed by atoms with Crippen LogP contribution in [-0.2, 0) is 20.9 Å². The highest BCUT2D eigenvalue weighted by Crippen LogP contribution is 2.16. The molecule has 0 spiro atoms. The average molecular weight is 354 g/mol. The highest BCUT2D eigenvalue weighted by Gasteiger charge is 2.17. The summed E-state index contributed by atoms with van der Waals surface area (Å²) < 4.78 is 4.97. The minimum Gasteiger partial charge on any atom is -0.462 e. The number of nitrogens with one attached hydrogen (secondary N) is 1. The van der Waals surface area contributed by atoms with E-state index in [1.54, 1.807) is 38.2 Å². The first kappa shape index (κ1) is 19.2. The Hall–Kier alpha value is -3.15. The van der Waals surface area contributed by atoms with E-state index in [1.807, 2.05) is 30.3 Å². The van der Waals surface area contributed by atoms with Gasteiger partial charge in [0.1, 0.15) is 6.42 Å². The number of amides is 2. The van der Waals surface area contributed by atoms with Gasteiger partial charge in [0.05, 0.1) is 17.9 Å². The van der Waals surface area contributed by atoms with Crippen LogP contribution in [-0.4, -0.2) is 36.3 Å². The van der Waals surface area contributed by atoms with E-state index in [2.05, 4.69) is 5.32 Å². The molecule has 2 aromatic rings. The maximum Gasteiger partial charge on any atom is 0.340 e. The molecule has 2 aromatic carbocycles.